The molecule has 0 rings (SSSR count). The minimum atomic E-state index is -2.41. The Balaban J connectivity index is 3.15. The first kappa shape index (κ1) is 7.08. The molecule has 0 fully saturated rings. The summed E-state index contributed by atoms with van der Waals surface area (Å²) in [5.74, 6) is -2.41. The highest BCUT2D eigenvalue weighted by molar-refractivity contribution is 6.08. The van der Waals surface area contributed by atoms with E-state index >= 15 is 0 Å². The lowest BCUT2D eigenvalue weighted by atomic mass is 10.3. The summed E-state index contributed by atoms with van der Waals surface area (Å²) in [7, 11) is 0.890. The molecule has 0 aromatic rings. The molecule has 0 atom stereocenters. The average molecular weight is 124 g/mol. The molecule has 44 valence electrons. The first-order valence-corrected chi connectivity index (χ1v) is 3.85. The number of rotatable bonds is 2. The fourth-order valence-corrected chi connectivity index (χ4v) is 1.32. The maximum absolute atomic E-state index is 11.7. The molecule has 0 saturated carbocycles. The molecule has 0 spiro atoms. The van der Waals surface area contributed by atoms with Crippen molar-refractivity contribution in [3.8, 4) is 0 Å². The molecule has 0 nitrogen and oxygen atoms in total. The third kappa shape index (κ3) is 6.08. The van der Waals surface area contributed by atoms with E-state index in [4.69, 9.17) is 0 Å². The summed E-state index contributed by atoms with van der Waals surface area (Å²) >= 11 is 0. The average Bonchev–Trinajstić information content (AvgIpc) is 1.30. The minimum absolute atomic E-state index is 0.0687. The summed E-state index contributed by atoms with van der Waals surface area (Å²) in [5.41, 5.74) is 0. The van der Waals surface area contributed by atoms with Gasteiger partial charge in [0.15, 0.2) is 0 Å². The van der Waals surface area contributed by atoms with Crippen LogP contribution in [-0.2, 0) is 0 Å². The minimum Gasteiger partial charge on any atom is -0.207 e. The molecule has 0 aliphatic rings. The van der Waals surface area contributed by atoms with Crippen LogP contribution in [0.15, 0.2) is 0 Å². The van der Waals surface area contributed by atoms with Gasteiger partial charge in [-0.2, -0.15) is 0 Å². The third-order valence-corrected chi connectivity index (χ3v) is 1.19. The van der Waals surface area contributed by atoms with E-state index in [9.17, 15) is 8.78 Å². The van der Waals surface area contributed by atoms with Crippen molar-refractivity contribution in [2.45, 2.75) is 25.3 Å². The fourth-order valence-electron chi connectivity index (χ4n) is 0.439. The van der Waals surface area contributed by atoms with E-state index in [0.717, 1.165) is 17.2 Å². The van der Waals surface area contributed by atoms with Crippen molar-refractivity contribution in [1.29, 1.82) is 0 Å². The Morgan fingerprint density at radius 2 is 2.00 bits per heavy atom. The van der Waals surface area contributed by atoms with Crippen LogP contribution >= 0.6 is 0 Å². The first-order chi connectivity index (χ1) is 3.06. The van der Waals surface area contributed by atoms with Gasteiger partial charge < -0.3 is 0 Å². The predicted octanol–water partition coefficient (Wildman–Crippen LogP) is 0.815. The van der Waals surface area contributed by atoms with E-state index in [1.54, 1.807) is 0 Å². The topological polar surface area (TPSA) is 0 Å². The summed E-state index contributed by atoms with van der Waals surface area (Å²) in [6.45, 7) is 0.963. The second kappa shape index (κ2) is 2.40. The Kier molecular flexibility index (Phi) is 2.43. The molecule has 0 heterocycles. The number of halogens is 2. The Morgan fingerprint density at radius 1 is 1.57 bits per heavy atom. The van der Waals surface area contributed by atoms with Crippen LogP contribution in [-0.4, -0.2) is 16.2 Å². The van der Waals surface area contributed by atoms with Crippen LogP contribution in [0.3, 0.4) is 0 Å². The molecule has 0 aromatic carbocycles. The molecule has 0 N–H and O–H groups in total. The number of hydrogen-bond donors (Lipinski definition) is 0. The molecule has 3 heteroatoms. The Bertz CT molecular complexity index is 48.1. The van der Waals surface area contributed by atoms with Gasteiger partial charge in [0.25, 0.3) is 0 Å². The van der Waals surface area contributed by atoms with Crippen LogP contribution in [0.2, 0.25) is 6.04 Å². The van der Waals surface area contributed by atoms with Crippen LogP contribution in [0.25, 0.3) is 0 Å². The highest BCUT2D eigenvalue weighted by Crippen LogP contribution is 2.17. The summed E-state index contributed by atoms with van der Waals surface area (Å²) in [4.78, 5) is 0. The van der Waals surface area contributed by atoms with Crippen LogP contribution in [0, 0.1) is 0 Å². The van der Waals surface area contributed by atoms with Gasteiger partial charge in [-0.05, 0) is 6.92 Å². The van der Waals surface area contributed by atoms with Crippen molar-refractivity contribution in [3.05, 3.63) is 0 Å². The van der Waals surface area contributed by atoms with E-state index < -0.39 is 5.92 Å². The van der Waals surface area contributed by atoms with E-state index in [1.165, 1.54) is 0 Å². The number of alkyl halides is 2. The standard InChI is InChI=1S/C4H10F2Si/c1-4(5,6)2-3-7/h2-3H2,1,7H3. The van der Waals surface area contributed by atoms with Gasteiger partial charge in [0.2, 0.25) is 5.92 Å². The monoisotopic (exact) mass is 124 g/mol. The van der Waals surface area contributed by atoms with Gasteiger partial charge in [-0.15, -0.1) is 0 Å². The fraction of sp³-hybridized carbons (Fsp3) is 1.00. The maximum Gasteiger partial charge on any atom is 0.245 e. The van der Waals surface area contributed by atoms with E-state index in [2.05, 4.69) is 0 Å². The lowest BCUT2D eigenvalue weighted by Gasteiger charge is -2.05. The van der Waals surface area contributed by atoms with Crippen LogP contribution in [0.5, 0.6) is 0 Å². The molecule has 0 aliphatic carbocycles. The van der Waals surface area contributed by atoms with Gasteiger partial charge in [-0.3, -0.25) is 0 Å². The predicted molar refractivity (Wildman–Crippen MR) is 30.0 cm³/mol. The lowest BCUT2D eigenvalue weighted by Crippen LogP contribution is -2.07. The van der Waals surface area contributed by atoms with Crippen molar-refractivity contribution >= 4 is 10.2 Å². The molecular weight excluding hydrogens is 114 g/mol. The SMILES string of the molecule is CC(F)(F)CC[SiH3]. The van der Waals surface area contributed by atoms with Gasteiger partial charge in [0, 0.05) is 16.7 Å². The summed E-state index contributed by atoms with van der Waals surface area (Å²) in [6, 6.07) is 0.698. The Hall–Kier alpha value is 0.0769. The van der Waals surface area contributed by atoms with Crippen LogP contribution in [0.4, 0.5) is 8.78 Å². The quantitative estimate of drug-likeness (QED) is 0.478. The molecule has 0 bridgehead atoms. The van der Waals surface area contributed by atoms with E-state index in [1.807, 2.05) is 0 Å². The molecule has 0 unspecified atom stereocenters. The maximum atomic E-state index is 11.7. The molecule has 0 amide bonds. The van der Waals surface area contributed by atoms with Gasteiger partial charge in [-0.25, -0.2) is 8.78 Å². The van der Waals surface area contributed by atoms with Gasteiger partial charge >= 0.3 is 0 Å². The number of hydrogen-bond acceptors (Lipinski definition) is 0. The van der Waals surface area contributed by atoms with Crippen molar-refractivity contribution in [1.82, 2.24) is 0 Å². The molecule has 0 saturated heterocycles. The van der Waals surface area contributed by atoms with E-state index in [0.29, 0.717) is 6.04 Å². The molecular formula is C4H10F2Si. The second-order valence-corrected chi connectivity index (χ2v) is 2.82. The smallest absolute Gasteiger partial charge is 0.207 e. The zero-order valence-electron chi connectivity index (χ0n) is 4.67. The summed E-state index contributed by atoms with van der Waals surface area (Å²) in [6.07, 6.45) is 0.0687. The Labute approximate surface area is 45.3 Å². The second-order valence-electron chi connectivity index (χ2n) is 1.82. The largest absolute Gasteiger partial charge is 0.245 e. The van der Waals surface area contributed by atoms with Crippen LogP contribution in [0.1, 0.15) is 13.3 Å². The highest BCUT2D eigenvalue weighted by Gasteiger charge is 2.17. The van der Waals surface area contributed by atoms with Crippen molar-refractivity contribution in [2.75, 3.05) is 0 Å². The van der Waals surface area contributed by atoms with Gasteiger partial charge in [-0.1, -0.05) is 6.04 Å². The van der Waals surface area contributed by atoms with Gasteiger partial charge in [0.05, 0.1) is 0 Å². The summed E-state index contributed by atoms with van der Waals surface area (Å²) in [5, 5.41) is 0. The molecule has 0 aromatic heterocycles. The lowest BCUT2D eigenvalue weighted by molar-refractivity contribution is 0.0183. The first-order valence-electron chi connectivity index (χ1n) is 2.44. The van der Waals surface area contributed by atoms with Crippen molar-refractivity contribution < 1.29 is 8.78 Å². The highest BCUT2D eigenvalue weighted by atomic mass is 28.1. The Morgan fingerprint density at radius 3 is 2.00 bits per heavy atom. The zero-order chi connectivity index (χ0) is 5.91. The van der Waals surface area contributed by atoms with Gasteiger partial charge in [0.1, 0.15) is 0 Å². The summed E-state index contributed by atoms with van der Waals surface area (Å²) < 4.78 is 23.5. The zero-order valence-corrected chi connectivity index (χ0v) is 6.67. The molecule has 0 radical (unpaired) electrons. The molecule has 7 heavy (non-hydrogen) atoms. The van der Waals surface area contributed by atoms with Crippen LogP contribution < -0.4 is 0 Å². The normalized spacial score (nSPS) is 12.4. The van der Waals surface area contributed by atoms with Crippen molar-refractivity contribution in [2.24, 2.45) is 0 Å². The van der Waals surface area contributed by atoms with E-state index in [-0.39, 0.29) is 6.42 Å². The third-order valence-electron chi connectivity index (χ3n) is 0.689. The molecule has 0 aliphatic heterocycles. The van der Waals surface area contributed by atoms with Crippen molar-refractivity contribution in [3.63, 3.8) is 0 Å².